The van der Waals surface area contributed by atoms with E-state index in [1.165, 1.54) is 11.7 Å². The maximum absolute atomic E-state index is 12.2. The average molecular weight is 472 g/mol. The van der Waals surface area contributed by atoms with E-state index in [0.29, 0.717) is 33.5 Å². The lowest BCUT2D eigenvalue weighted by Gasteiger charge is -2.06. The third kappa shape index (κ3) is 4.33. The normalized spacial score (nSPS) is 10.7. The molecule has 0 amide bonds. The number of hydrogen-bond donors (Lipinski definition) is 1. The highest BCUT2D eigenvalue weighted by Crippen LogP contribution is 2.32. The number of hydrogen-bond acceptors (Lipinski definition) is 5. The van der Waals surface area contributed by atoms with E-state index in [2.05, 4.69) is 28.1 Å². The molecule has 8 heteroatoms. The molecule has 1 aromatic heterocycles. The number of ether oxygens (including phenoxy) is 1. The van der Waals surface area contributed by atoms with Crippen LogP contribution in [0.15, 0.2) is 47.1 Å². The van der Waals surface area contributed by atoms with Crippen LogP contribution in [0, 0.1) is 22.7 Å². The van der Waals surface area contributed by atoms with E-state index < -0.39 is 0 Å². The second kappa shape index (κ2) is 9.40. The highest BCUT2D eigenvalue weighted by molar-refractivity contribution is 9.10. The Morgan fingerprint density at radius 1 is 1.28 bits per heavy atom. The second-order valence-corrected chi connectivity index (χ2v) is 6.83. The van der Waals surface area contributed by atoms with Crippen molar-refractivity contribution in [3.8, 4) is 17.9 Å². The molecule has 0 fully saturated rings. The molecule has 2 aromatic carbocycles. The van der Waals surface area contributed by atoms with Crippen LogP contribution < -0.4 is 10.5 Å². The number of fused-ring (bicyclic) bond motifs is 1. The summed E-state index contributed by atoms with van der Waals surface area (Å²) in [5.41, 5.74) is 8.16. The van der Waals surface area contributed by atoms with Gasteiger partial charge in [-0.2, -0.15) is 10.5 Å². The molecule has 29 heavy (non-hydrogen) atoms. The van der Waals surface area contributed by atoms with Crippen molar-refractivity contribution in [3.63, 3.8) is 0 Å². The molecule has 0 bridgehead atoms. The first-order valence-corrected chi connectivity index (χ1v) is 9.05. The molecule has 3 rings (SSSR count). The number of nitrogens with two attached hydrogens (primary N) is 1. The summed E-state index contributed by atoms with van der Waals surface area (Å²) in [5.74, 6) is 0.259. The number of nitrogens with zero attached hydrogens (tertiary/aromatic N) is 3. The summed E-state index contributed by atoms with van der Waals surface area (Å²) in [5, 5.41) is 19.7. The number of carbonyl (C=O) groups is 1. The van der Waals surface area contributed by atoms with Gasteiger partial charge >= 0.3 is 0 Å². The minimum Gasteiger partial charge on any atom is -0.496 e. The largest absolute Gasteiger partial charge is 0.496 e. The molecule has 6 nitrogen and oxygen atoms in total. The fourth-order valence-electron chi connectivity index (χ4n) is 2.96. The van der Waals surface area contributed by atoms with Crippen LogP contribution in [0.1, 0.15) is 21.5 Å². The van der Waals surface area contributed by atoms with Crippen molar-refractivity contribution in [1.82, 2.24) is 4.57 Å². The third-order valence-electron chi connectivity index (χ3n) is 4.28. The Morgan fingerprint density at radius 2 is 2.03 bits per heavy atom. The predicted octanol–water partition coefficient (Wildman–Crippen LogP) is 4.37. The van der Waals surface area contributed by atoms with Crippen molar-refractivity contribution in [3.05, 3.63) is 63.8 Å². The van der Waals surface area contributed by atoms with Crippen molar-refractivity contribution in [2.45, 2.75) is 0 Å². The first kappa shape index (κ1) is 22.2. The van der Waals surface area contributed by atoms with E-state index in [0.717, 1.165) is 9.86 Å². The Hall–Kier alpha value is -3.10. The predicted molar refractivity (Wildman–Crippen MR) is 118 cm³/mol. The van der Waals surface area contributed by atoms with E-state index in [1.54, 1.807) is 36.5 Å². The Balaban J connectivity index is 0.00000300. The lowest BCUT2D eigenvalue weighted by atomic mass is 10.0. The van der Waals surface area contributed by atoms with E-state index in [-0.39, 0.29) is 24.9 Å². The molecule has 146 valence electrons. The molecule has 0 spiro atoms. The summed E-state index contributed by atoms with van der Waals surface area (Å²) in [6.45, 7) is -0.150. The standard InChI is InChI=1S/C21H15BrN4O2.ClH/c1-28-20-5-2-13(9-23)6-14(20)7-15(10-24)18-12-26(21(27)11-25)19-4-3-16(22)8-17(18)19;/h2-8,12H,11,25H2,1H3;1H. The van der Waals surface area contributed by atoms with E-state index in [1.807, 2.05) is 12.1 Å². The van der Waals surface area contributed by atoms with Crippen LogP contribution in [0.4, 0.5) is 0 Å². The molecule has 3 aromatic rings. The molecule has 0 saturated heterocycles. The number of methoxy groups -OCH3 is 1. The molecule has 0 radical (unpaired) electrons. The van der Waals surface area contributed by atoms with E-state index >= 15 is 0 Å². The summed E-state index contributed by atoms with van der Waals surface area (Å²) < 4.78 is 7.62. The van der Waals surface area contributed by atoms with Gasteiger partial charge in [0.1, 0.15) is 5.75 Å². The highest BCUT2D eigenvalue weighted by Gasteiger charge is 2.16. The fourth-order valence-corrected chi connectivity index (χ4v) is 3.33. The number of nitriles is 2. The number of carbonyl (C=O) groups excluding carboxylic acids is 1. The third-order valence-corrected chi connectivity index (χ3v) is 4.77. The van der Waals surface area contributed by atoms with Gasteiger partial charge in [0.2, 0.25) is 5.91 Å². The monoisotopic (exact) mass is 470 g/mol. The topological polar surface area (TPSA) is 105 Å². The lowest BCUT2D eigenvalue weighted by molar-refractivity contribution is 0.0928. The van der Waals surface area contributed by atoms with Crippen LogP contribution in [-0.2, 0) is 0 Å². The van der Waals surface area contributed by atoms with Crippen molar-refractivity contribution >= 4 is 56.8 Å². The Bertz CT molecular complexity index is 1200. The molecular formula is C21H16BrClN4O2. The molecule has 0 aliphatic rings. The van der Waals surface area contributed by atoms with Gasteiger partial charge in [-0.15, -0.1) is 12.4 Å². The first-order chi connectivity index (χ1) is 13.5. The van der Waals surface area contributed by atoms with Gasteiger partial charge in [0.25, 0.3) is 0 Å². The number of benzene rings is 2. The fraction of sp³-hybridized carbons (Fsp3) is 0.0952. The molecule has 2 N–H and O–H groups in total. The summed E-state index contributed by atoms with van der Waals surface area (Å²) in [4.78, 5) is 12.2. The molecule has 1 heterocycles. The van der Waals surface area contributed by atoms with Gasteiger partial charge in [-0.05, 0) is 42.5 Å². The Kier molecular flexibility index (Phi) is 7.19. The SMILES string of the molecule is COc1ccc(C#N)cc1C=C(C#N)c1cn(C(=O)CN)c2ccc(Br)cc12.Cl. The second-order valence-electron chi connectivity index (χ2n) is 5.91. The Labute approximate surface area is 182 Å². The van der Waals surface area contributed by atoms with Crippen molar-refractivity contribution in [2.75, 3.05) is 13.7 Å². The Morgan fingerprint density at radius 3 is 2.66 bits per heavy atom. The van der Waals surface area contributed by atoms with E-state index in [9.17, 15) is 10.1 Å². The van der Waals surface area contributed by atoms with Gasteiger partial charge in [0.15, 0.2) is 0 Å². The van der Waals surface area contributed by atoms with Crippen LogP contribution in [0.2, 0.25) is 0 Å². The molecule has 0 atom stereocenters. The maximum atomic E-state index is 12.2. The quantitative estimate of drug-likeness (QED) is 0.569. The zero-order valence-electron chi connectivity index (χ0n) is 15.3. The molecule has 0 saturated carbocycles. The summed E-state index contributed by atoms with van der Waals surface area (Å²) in [7, 11) is 1.52. The minimum atomic E-state index is -0.278. The molecule has 0 aliphatic heterocycles. The minimum absolute atomic E-state index is 0. The van der Waals surface area contributed by atoms with E-state index in [4.69, 9.17) is 15.7 Å². The van der Waals surface area contributed by atoms with Gasteiger partial charge in [0.05, 0.1) is 42.4 Å². The van der Waals surface area contributed by atoms with Gasteiger partial charge in [-0.3, -0.25) is 9.36 Å². The summed E-state index contributed by atoms with van der Waals surface area (Å²) in [6, 6.07) is 14.7. The zero-order chi connectivity index (χ0) is 20.3. The molecule has 0 unspecified atom stereocenters. The average Bonchev–Trinajstić information content (AvgIpc) is 3.09. The number of aromatic nitrogens is 1. The van der Waals surface area contributed by atoms with Crippen molar-refractivity contribution < 1.29 is 9.53 Å². The van der Waals surface area contributed by atoms with Crippen LogP contribution in [0.25, 0.3) is 22.6 Å². The number of halogens is 2. The van der Waals surface area contributed by atoms with Gasteiger partial charge < -0.3 is 10.5 Å². The van der Waals surface area contributed by atoms with Crippen LogP contribution >= 0.6 is 28.3 Å². The van der Waals surface area contributed by atoms with Crippen LogP contribution in [-0.4, -0.2) is 24.1 Å². The van der Waals surface area contributed by atoms with Gasteiger partial charge in [-0.1, -0.05) is 15.9 Å². The van der Waals surface area contributed by atoms with Gasteiger partial charge in [-0.25, -0.2) is 0 Å². The number of allylic oxidation sites excluding steroid dienone is 1. The van der Waals surface area contributed by atoms with Crippen LogP contribution in [0.5, 0.6) is 5.75 Å². The summed E-state index contributed by atoms with van der Waals surface area (Å²) >= 11 is 3.43. The number of rotatable bonds is 4. The molecular weight excluding hydrogens is 456 g/mol. The lowest BCUT2D eigenvalue weighted by Crippen LogP contribution is -2.20. The first-order valence-electron chi connectivity index (χ1n) is 8.26. The zero-order valence-corrected chi connectivity index (χ0v) is 17.8. The molecule has 0 aliphatic carbocycles. The van der Waals surface area contributed by atoms with Gasteiger partial charge in [0, 0.05) is 27.2 Å². The highest BCUT2D eigenvalue weighted by atomic mass is 79.9. The van der Waals surface area contributed by atoms with Crippen molar-refractivity contribution in [1.29, 1.82) is 10.5 Å². The maximum Gasteiger partial charge on any atom is 0.244 e. The summed E-state index contributed by atoms with van der Waals surface area (Å²) in [6.07, 6.45) is 3.26. The smallest absolute Gasteiger partial charge is 0.244 e. The van der Waals surface area contributed by atoms with Crippen LogP contribution in [0.3, 0.4) is 0 Å². The van der Waals surface area contributed by atoms with Crippen molar-refractivity contribution in [2.24, 2.45) is 5.73 Å².